The van der Waals surface area contributed by atoms with Gasteiger partial charge in [-0.3, -0.25) is 4.99 Å². The van der Waals surface area contributed by atoms with Crippen molar-refractivity contribution < 1.29 is 0 Å². The largest absolute Gasteiger partial charge is 0.370 e. The van der Waals surface area contributed by atoms with E-state index in [1.54, 1.807) is 0 Å². The normalized spacial score (nSPS) is 23.2. The van der Waals surface area contributed by atoms with Gasteiger partial charge in [-0.1, -0.05) is 27.7 Å². The fourth-order valence-corrected chi connectivity index (χ4v) is 2.14. The Balaban J connectivity index is 2.57. The number of hydrogen-bond donors (Lipinski definition) is 1. The van der Waals surface area contributed by atoms with Crippen LogP contribution in [0.5, 0.6) is 0 Å². The van der Waals surface area contributed by atoms with E-state index in [0.717, 1.165) is 19.0 Å². The molecule has 1 unspecified atom stereocenters. The molecule has 0 aromatic carbocycles. The number of rotatable bonds is 3. The monoisotopic (exact) mass is 211 g/mol. The van der Waals surface area contributed by atoms with Crippen molar-refractivity contribution in [2.75, 3.05) is 13.1 Å². The summed E-state index contributed by atoms with van der Waals surface area (Å²) in [7, 11) is 0. The molecule has 1 atom stereocenters. The van der Waals surface area contributed by atoms with Gasteiger partial charge in [-0.25, -0.2) is 0 Å². The first-order valence-electron chi connectivity index (χ1n) is 6.09. The van der Waals surface area contributed by atoms with E-state index in [1.165, 1.54) is 12.8 Å². The molecule has 1 fully saturated rings. The molecule has 0 saturated carbocycles. The number of nitrogens with zero attached hydrogens (tertiary/aromatic N) is 2. The summed E-state index contributed by atoms with van der Waals surface area (Å²) in [5.41, 5.74) is 6.03. The summed E-state index contributed by atoms with van der Waals surface area (Å²) in [5.74, 6) is 2.00. The molecule has 0 amide bonds. The second-order valence-corrected chi connectivity index (χ2v) is 5.24. The Morgan fingerprint density at radius 2 is 2.07 bits per heavy atom. The number of guanidine groups is 1. The second-order valence-electron chi connectivity index (χ2n) is 5.24. The molecule has 15 heavy (non-hydrogen) atoms. The van der Waals surface area contributed by atoms with Gasteiger partial charge in [0.25, 0.3) is 0 Å². The summed E-state index contributed by atoms with van der Waals surface area (Å²) in [6.07, 6.45) is 2.51. The van der Waals surface area contributed by atoms with Crippen LogP contribution in [0.15, 0.2) is 4.99 Å². The van der Waals surface area contributed by atoms with Crippen molar-refractivity contribution in [2.45, 2.75) is 46.6 Å². The molecule has 0 radical (unpaired) electrons. The first-order chi connectivity index (χ1) is 7.02. The summed E-state index contributed by atoms with van der Waals surface area (Å²) in [6, 6.07) is 0.598. The van der Waals surface area contributed by atoms with Gasteiger partial charge in [0.05, 0.1) is 0 Å². The van der Waals surface area contributed by atoms with Gasteiger partial charge >= 0.3 is 0 Å². The van der Waals surface area contributed by atoms with Crippen molar-refractivity contribution in [3.05, 3.63) is 0 Å². The van der Waals surface area contributed by atoms with Crippen LogP contribution in [0.4, 0.5) is 0 Å². The van der Waals surface area contributed by atoms with Gasteiger partial charge < -0.3 is 10.6 Å². The highest BCUT2D eigenvalue weighted by molar-refractivity contribution is 5.78. The van der Waals surface area contributed by atoms with Crippen molar-refractivity contribution in [3.63, 3.8) is 0 Å². The fraction of sp³-hybridized carbons (Fsp3) is 0.917. The maximum Gasteiger partial charge on any atom is 0.191 e. The highest BCUT2D eigenvalue weighted by atomic mass is 15.3. The van der Waals surface area contributed by atoms with E-state index in [9.17, 15) is 0 Å². The Morgan fingerprint density at radius 3 is 2.60 bits per heavy atom. The van der Waals surface area contributed by atoms with Crippen LogP contribution in [0.2, 0.25) is 0 Å². The standard InChI is InChI=1S/C12H25N3/c1-9(2)8-14-12(13)15-7-5-6-11(15)10(3)4/h9-11H,5-8H2,1-4H3,(H2,13,14). The van der Waals surface area contributed by atoms with Crippen LogP contribution in [0.3, 0.4) is 0 Å². The van der Waals surface area contributed by atoms with Crippen LogP contribution in [-0.4, -0.2) is 30.0 Å². The van der Waals surface area contributed by atoms with Gasteiger partial charge in [-0.15, -0.1) is 0 Å². The van der Waals surface area contributed by atoms with Crippen molar-refractivity contribution >= 4 is 5.96 Å². The van der Waals surface area contributed by atoms with E-state index in [1.807, 2.05) is 0 Å². The van der Waals surface area contributed by atoms with E-state index in [-0.39, 0.29) is 0 Å². The minimum Gasteiger partial charge on any atom is -0.370 e. The average Bonchev–Trinajstić information content (AvgIpc) is 2.62. The van der Waals surface area contributed by atoms with E-state index < -0.39 is 0 Å². The number of aliphatic imine (C=N–C) groups is 1. The average molecular weight is 211 g/mol. The van der Waals surface area contributed by atoms with Crippen molar-refractivity contribution in [1.29, 1.82) is 0 Å². The van der Waals surface area contributed by atoms with Crippen LogP contribution >= 0.6 is 0 Å². The maximum atomic E-state index is 6.03. The lowest BCUT2D eigenvalue weighted by atomic mass is 10.0. The quantitative estimate of drug-likeness (QED) is 0.573. The molecule has 1 aliphatic heterocycles. The lowest BCUT2D eigenvalue weighted by Crippen LogP contribution is -2.43. The Morgan fingerprint density at radius 1 is 1.40 bits per heavy atom. The van der Waals surface area contributed by atoms with E-state index >= 15 is 0 Å². The third kappa shape index (κ3) is 3.40. The smallest absolute Gasteiger partial charge is 0.191 e. The molecular formula is C12H25N3. The molecule has 1 aliphatic rings. The van der Waals surface area contributed by atoms with E-state index in [0.29, 0.717) is 17.9 Å². The number of likely N-dealkylation sites (tertiary alicyclic amines) is 1. The fourth-order valence-electron chi connectivity index (χ4n) is 2.14. The molecule has 0 aromatic heterocycles. The lowest BCUT2D eigenvalue weighted by molar-refractivity contribution is 0.305. The second kappa shape index (κ2) is 5.38. The first-order valence-corrected chi connectivity index (χ1v) is 6.09. The summed E-state index contributed by atoms with van der Waals surface area (Å²) in [4.78, 5) is 6.74. The Kier molecular flexibility index (Phi) is 4.43. The molecule has 0 bridgehead atoms. The molecule has 1 heterocycles. The third-order valence-electron chi connectivity index (χ3n) is 2.98. The molecular weight excluding hydrogens is 186 g/mol. The van der Waals surface area contributed by atoms with Gasteiger partial charge in [-0.2, -0.15) is 0 Å². The van der Waals surface area contributed by atoms with Crippen molar-refractivity contribution in [1.82, 2.24) is 4.90 Å². The van der Waals surface area contributed by atoms with Gasteiger partial charge in [0.2, 0.25) is 0 Å². The zero-order chi connectivity index (χ0) is 11.4. The molecule has 88 valence electrons. The van der Waals surface area contributed by atoms with E-state index in [2.05, 4.69) is 37.6 Å². The van der Waals surface area contributed by atoms with Crippen LogP contribution in [0.1, 0.15) is 40.5 Å². The highest BCUT2D eigenvalue weighted by Crippen LogP contribution is 2.23. The molecule has 2 N–H and O–H groups in total. The van der Waals surface area contributed by atoms with Crippen LogP contribution in [-0.2, 0) is 0 Å². The zero-order valence-electron chi connectivity index (χ0n) is 10.5. The van der Waals surface area contributed by atoms with Crippen LogP contribution < -0.4 is 5.73 Å². The Hall–Kier alpha value is -0.730. The van der Waals surface area contributed by atoms with Crippen LogP contribution in [0.25, 0.3) is 0 Å². The predicted octanol–water partition coefficient (Wildman–Crippen LogP) is 2.08. The van der Waals surface area contributed by atoms with Gasteiger partial charge in [-0.05, 0) is 24.7 Å². The zero-order valence-corrected chi connectivity index (χ0v) is 10.5. The van der Waals surface area contributed by atoms with Gasteiger partial charge in [0.1, 0.15) is 0 Å². The maximum absolute atomic E-state index is 6.03. The van der Waals surface area contributed by atoms with Gasteiger partial charge in [0, 0.05) is 19.1 Å². The van der Waals surface area contributed by atoms with E-state index in [4.69, 9.17) is 5.73 Å². The summed E-state index contributed by atoms with van der Waals surface area (Å²) >= 11 is 0. The molecule has 1 rings (SSSR count). The highest BCUT2D eigenvalue weighted by Gasteiger charge is 2.28. The predicted molar refractivity (Wildman–Crippen MR) is 65.9 cm³/mol. The lowest BCUT2D eigenvalue weighted by Gasteiger charge is -2.28. The Bertz CT molecular complexity index is 221. The minimum atomic E-state index is 0.587. The first kappa shape index (κ1) is 12.3. The summed E-state index contributed by atoms with van der Waals surface area (Å²) in [5, 5.41) is 0. The molecule has 1 saturated heterocycles. The molecule has 0 aromatic rings. The summed E-state index contributed by atoms with van der Waals surface area (Å²) < 4.78 is 0. The topological polar surface area (TPSA) is 41.6 Å². The summed E-state index contributed by atoms with van der Waals surface area (Å²) in [6.45, 7) is 10.8. The molecule has 3 heteroatoms. The van der Waals surface area contributed by atoms with Gasteiger partial charge in [0.15, 0.2) is 5.96 Å². The molecule has 3 nitrogen and oxygen atoms in total. The SMILES string of the molecule is CC(C)CN=C(N)N1CCCC1C(C)C. The number of nitrogens with two attached hydrogens (primary N) is 1. The number of hydrogen-bond acceptors (Lipinski definition) is 1. The van der Waals surface area contributed by atoms with Crippen LogP contribution in [0, 0.1) is 11.8 Å². The molecule has 0 aliphatic carbocycles. The van der Waals surface area contributed by atoms with Crippen molar-refractivity contribution in [2.24, 2.45) is 22.6 Å². The minimum absolute atomic E-state index is 0.587. The Labute approximate surface area is 93.7 Å². The third-order valence-corrected chi connectivity index (χ3v) is 2.98. The molecule has 0 spiro atoms. The van der Waals surface area contributed by atoms with Crippen molar-refractivity contribution in [3.8, 4) is 0 Å².